The van der Waals surface area contributed by atoms with Crippen LogP contribution in [0.5, 0.6) is 0 Å². The first kappa shape index (κ1) is 18.4. The zero-order chi connectivity index (χ0) is 20.5. The van der Waals surface area contributed by atoms with E-state index < -0.39 is 0 Å². The van der Waals surface area contributed by atoms with Crippen LogP contribution in [0.15, 0.2) is 57.7 Å². The number of aromatic nitrogens is 2. The number of nitrogens with zero attached hydrogens (tertiary/aromatic N) is 3. The highest BCUT2D eigenvalue weighted by molar-refractivity contribution is 6.13. The smallest absolute Gasteiger partial charge is 0.259 e. The minimum Gasteiger partial charge on any atom is -0.463 e. The fourth-order valence-corrected chi connectivity index (χ4v) is 3.01. The molecule has 4 rings (SSSR count). The van der Waals surface area contributed by atoms with Gasteiger partial charge in [-0.15, -0.1) is 0 Å². The molecule has 8 nitrogen and oxygen atoms in total. The van der Waals surface area contributed by atoms with Gasteiger partial charge in [0, 0.05) is 25.3 Å². The van der Waals surface area contributed by atoms with E-state index in [-0.39, 0.29) is 17.5 Å². The first-order valence-corrected chi connectivity index (χ1v) is 8.88. The molecule has 0 saturated heterocycles. The molecule has 3 aromatic heterocycles. The summed E-state index contributed by atoms with van der Waals surface area (Å²) in [5.74, 6) is -0.0121. The van der Waals surface area contributed by atoms with Crippen molar-refractivity contribution in [2.45, 2.75) is 6.92 Å². The maximum Gasteiger partial charge on any atom is 0.259 e. The normalized spacial score (nSPS) is 10.9. The van der Waals surface area contributed by atoms with Crippen molar-refractivity contribution in [1.82, 2.24) is 15.0 Å². The van der Waals surface area contributed by atoms with Gasteiger partial charge in [0.2, 0.25) is 0 Å². The summed E-state index contributed by atoms with van der Waals surface area (Å²) in [6.45, 7) is 1.74. The number of anilines is 1. The molecule has 0 saturated carbocycles. The second-order valence-corrected chi connectivity index (χ2v) is 6.72. The van der Waals surface area contributed by atoms with Gasteiger partial charge in [-0.25, -0.2) is 4.98 Å². The van der Waals surface area contributed by atoms with Crippen molar-refractivity contribution in [3.63, 3.8) is 0 Å². The number of benzene rings is 1. The summed E-state index contributed by atoms with van der Waals surface area (Å²) < 4.78 is 10.7. The summed E-state index contributed by atoms with van der Waals surface area (Å²) in [7, 11) is 3.35. The predicted molar refractivity (Wildman–Crippen MR) is 107 cm³/mol. The summed E-state index contributed by atoms with van der Waals surface area (Å²) in [5, 5.41) is 7.29. The third kappa shape index (κ3) is 3.47. The molecule has 0 radical (unpaired) electrons. The van der Waals surface area contributed by atoms with E-state index in [1.54, 1.807) is 63.5 Å². The lowest BCUT2D eigenvalue weighted by atomic mass is 10.1. The minimum absolute atomic E-state index is 0.151. The Morgan fingerprint density at radius 1 is 1.10 bits per heavy atom. The molecule has 0 aliphatic rings. The Labute approximate surface area is 166 Å². The highest BCUT2D eigenvalue weighted by atomic mass is 16.5. The number of carbonyl (C=O) groups excluding carboxylic acids is 2. The second kappa shape index (κ2) is 7.23. The number of hydrogen-bond donors (Lipinski definition) is 1. The van der Waals surface area contributed by atoms with Gasteiger partial charge in [-0.1, -0.05) is 11.2 Å². The molecule has 1 aromatic carbocycles. The molecule has 29 heavy (non-hydrogen) atoms. The number of nitrogens with one attached hydrogen (secondary N) is 1. The van der Waals surface area contributed by atoms with Crippen molar-refractivity contribution in [2.75, 3.05) is 19.4 Å². The van der Waals surface area contributed by atoms with Crippen LogP contribution < -0.4 is 5.32 Å². The van der Waals surface area contributed by atoms with Gasteiger partial charge in [-0.3, -0.25) is 9.59 Å². The van der Waals surface area contributed by atoms with E-state index in [9.17, 15) is 9.59 Å². The van der Waals surface area contributed by atoms with E-state index in [2.05, 4.69) is 15.5 Å². The Morgan fingerprint density at radius 3 is 2.66 bits per heavy atom. The number of carbonyl (C=O) groups is 2. The Balaban J connectivity index is 1.73. The maximum atomic E-state index is 13.1. The van der Waals surface area contributed by atoms with Crippen molar-refractivity contribution in [3.8, 4) is 11.5 Å². The Bertz CT molecular complexity index is 1210. The summed E-state index contributed by atoms with van der Waals surface area (Å²) in [4.78, 5) is 31.1. The molecular formula is C21H18N4O4. The molecule has 0 spiro atoms. The van der Waals surface area contributed by atoms with Crippen LogP contribution in [-0.4, -0.2) is 41.0 Å². The van der Waals surface area contributed by atoms with Gasteiger partial charge >= 0.3 is 0 Å². The number of aryl methyl sites for hydroxylation is 1. The zero-order valence-corrected chi connectivity index (χ0v) is 16.1. The molecule has 0 bridgehead atoms. The third-order valence-electron chi connectivity index (χ3n) is 4.41. The van der Waals surface area contributed by atoms with Crippen LogP contribution in [0.1, 0.15) is 26.4 Å². The lowest BCUT2D eigenvalue weighted by molar-refractivity contribution is 0.0827. The van der Waals surface area contributed by atoms with Crippen LogP contribution in [0.4, 0.5) is 5.69 Å². The minimum atomic E-state index is -0.369. The van der Waals surface area contributed by atoms with Gasteiger partial charge in [-0.2, -0.15) is 0 Å². The number of fused-ring (bicyclic) bond motifs is 1. The average Bonchev–Trinajstić information content (AvgIpc) is 3.37. The van der Waals surface area contributed by atoms with Crippen LogP contribution in [0.3, 0.4) is 0 Å². The molecule has 4 aromatic rings. The number of furan rings is 1. The predicted octanol–water partition coefficient (Wildman–Crippen LogP) is 3.75. The summed E-state index contributed by atoms with van der Waals surface area (Å²) in [5.41, 5.74) is 2.59. The molecule has 3 heterocycles. The zero-order valence-electron chi connectivity index (χ0n) is 16.1. The van der Waals surface area contributed by atoms with Crippen LogP contribution >= 0.6 is 0 Å². The van der Waals surface area contributed by atoms with Crippen molar-refractivity contribution in [2.24, 2.45) is 0 Å². The SMILES string of the molecule is Cc1noc2nc(-c3ccco3)cc(C(=O)Nc3cccc(C(=O)N(C)C)c3)c12. The molecule has 0 aliphatic heterocycles. The van der Waals surface area contributed by atoms with Gasteiger partial charge in [0.05, 0.1) is 22.9 Å². The molecule has 2 amide bonds. The fourth-order valence-electron chi connectivity index (χ4n) is 3.01. The topological polar surface area (TPSA) is 101 Å². The van der Waals surface area contributed by atoms with Gasteiger partial charge < -0.3 is 19.2 Å². The first-order chi connectivity index (χ1) is 13.9. The molecular weight excluding hydrogens is 372 g/mol. The number of pyridine rings is 1. The summed E-state index contributed by atoms with van der Waals surface area (Å²) >= 11 is 0. The highest BCUT2D eigenvalue weighted by Crippen LogP contribution is 2.28. The number of rotatable bonds is 4. The van der Waals surface area contributed by atoms with Gasteiger partial charge in [0.25, 0.3) is 17.5 Å². The van der Waals surface area contributed by atoms with Gasteiger partial charge in [0.15, 0.2) is 5.76 Å². The van der Waals surface area contributed by atoms with Crippen LogP contribution in [0, 0.1) is 6.92 Å². The molecule has 146 valence electrons. The van der Waals surface area contributed by atoms with E-state index in [1.165, 1.54) is 11.2 Å². The first-order valence-electron chi connectivity index (χ1n) is 8.88. The van der Waals surface area contributed by atoms with Crippen LogP contribution in [0.2, 0.25) is 0 Å². The molecule has 0 unspecified atom stereocenters. The number of hydrogen-bond acceptors (Lipinski definition) is 6. The lowest BCUT2D eigenvalue weighted by Crippen LogP contribution is -2.22. The lowest BCUT2D eigenvalue weighted by Gasteiger charge is -2.12. The third-order valence-corrected chi connectivity index (χ3v) is 4.41. The second-order valence-electron chi connectivity index (χ2n) is 6.72. The molecule has 1 N–H and O–H groups in total. The van der Waals surface area contributed by atoms with E-state index in [4.69, 9.17) is 8.94 Å². The van der Waals surface area contributed by atoms with Crippen LogP contribution in [0.25, 0.3) is 22.6 Å². The van der Waals surface area contributed by atoms with Crippen molar-refractivity contribution < 1.29 is 18.5 Å². The van der Waals surface area contributed by atoms with Gasteiger partial charge in [0.1, 0.15) is 5.69 Å². The Morgan fingerprint density at radius 2 is 1.93 bits per heavy atom. The fraction of sp³-hybridized carbons (Fsp3) is 0.143. The monoisotopic (exact) mass is 390 g/mol. The molecule has 8 heteroatoms. The van der Waals surface area contributed by atoms with Crippen LogP contribution in [-0.2, 0) is 0 Å². The molecule has 0 fully saturated rings. The van der Waals surface area contributed by atoms with E-state index in [1.807, 2.05) is 0 Å². The average molecular weight is 390 g/mol. The quantitative estimate of drug-likeness (QED) is 0.569. The standard InChI is InChI=1S/C21H18N4O4/c1-12-18-15(11-16(17-8-5-9-28-17)23-20(18)29-24-12)19(26)22-14-7-4-6-13(10-14)21(27)25(2)3/h4-11H,1-3H3,(H,22,26). The van der Waals surface area contributed by atoms with E-state index >= 15 is 0 Å². The largest absolute Gasteiger partial charge is 0.463 e. The Hall–Kier alpha value is -3.94. The molecule has 0 aliphatic carbocycles. The van der Waals surface area contributed by atoms with E-state index in [0.717, 1.165) is 0 Å². The van der Waals surface area contributed by atoms with Crippen molar-refractivity contribution in [3.05, 3.63) is 65.5 Å². The Kier molecular flexibility index (Phi) is 4.59. The van der Waals surface area contributed by atoms with Gasteiger partial charge in [-0.05, 0) is 43.3 Å². The maximum absolute atomic E-state index is 13.1. The molecule has 0 atom stereocenters. The number of amides is 2. The van der Waals surface area contributed by atoms with Crippen molar-refractivity contribution in [1.29, 1.82) is 0 Å². The highest BCUT2D eigenvalue weighted by Gasteiger charge is 2.20. The van der Waals surface area contributed by atoms with Crippen molar-refractivity contribution >= 4 is 28.6 Å². The summed E-state index contributed by atoms with van der Waals surface area (Å²) in [6, 6.07) is 11.9. The summed E-state index contributed by atoms with van der Waals surface area (Å²) in [6.07, 6.45) is 1.53. The van der Waals surface area contributed by atoms with E-state index in [0.29, 0.717) is 39.3 Å².